The first-order valence-electron chi connectivity index (χ1n) is 12.2. The highest BCUT2D eigenvalue weighted by atomic mass is 35.5. The number of carbonyl (C=O) groups excluding carboxylic acids is 1. The van der Waals surface area contributed by atoms with Crippen LogP contribution in [0.4, 0.5) is 5.69 Å². The minimum Gasteiger partial charge on any atom is -0.352 e. The van der Waals surface area contributed by atoms with Gasteiger partial charge in [0.15, 0.2) is 5.11 Å². The van der Waals surface area contributed by atoms with E-state index in [9.17, 15) is 4.79 Å². The van der Waals surface area contributed by atoms with Gasteiger partial charge in [0.05, 0.1) is 17.8 Å². The molecule has 1 fully saturated rings. The number of halogens is 1. The third kappa shape index (κ3) is 5.24. The summed E-state index contributed by atoms with van der Waals surface area (Å²) in [7, 11) is 0. The van der Waals surface area contributed by atoms with E-state index in [1.54, 1.807) is 6.20 Å². The number of aromatic nitrogens is 2. The summed E-state index contributed by atoms with van der Waals surface area (Å²) < 4.78 is 2.21. The van der Waals surface area contributed by atoms with Crippen molar-refractivity contribution >= 4 is 40.5 Å². The quantitative estimate of drug-likeness (QED) is 0.281. The van der Waals surface area contributed by atoms with Crippen LogP contribution in [-0.2, 0) is 4.79 Å². The van der Waals surface area contributed by atoms with Crippen LogP contribution in [0.5, 0.6) is 0 Å². The van der Waals surface area contributed by atoms with Crippen LogP contribution < -0.4 is 10.6 Å². The molecule has 0 radical (unpaired) electrons. The van der Waals surface area contributed by atoms with E-state index in [2.05, 4.69) is 51.1 Å². The van der Waals surface area contributed by atoms with E-state index < -0.39 is 0 Å². The highest BCUT2D eigenvalue weighted by Gasteiger charge is 2.41. The molecule has 1 aliphatic rings. The Morgan fingerprint density at radius 1 is 1.05 bits per heavy atom. The molecule has 4 aromatic rings. The van der Waals surface area contributed by atoms with Gasteiger partial charge in [0.1, 0.15) is 0 Å². The van der Waals surface area contributed by atoms with E-state index in [4.69, 9.17) is 23.8 Å². The van der Waals surface area contributed by atoms with Gasteiger partial charge in [-0.3, -0.25) is 9.78 Å². The number of aryl methyl sites for hydroxylation is 1. The second-order valence-corrected chi connectivity index (χ2v) is 9.95. The standard InChI is InChI=1S/C29H28ClN5OS/c1-19-17-24(20(2)35(19)23-12-8-9-21(30)18-23)28-27(25-13-6-7-15-31-25)33-29(37)34(28)16-14-26(36)32-22-10-4-3-5-11-22/h3-13,15,17-18,27-28H,14,16H2,1-2H3,(H,32,36)(H,33,37)/t27-,28-/m1/s1. The van der Waals surface area contributed by atoms with Crippen molar-refractivity contribution in [3.05, 3.63) is 113 Å². The number of hydrogen-bond donors (Lipinski definition) is 2. The number of amides is 1. The number of pyridine rings is 1. The SMILES string of the molecule is Cc1cc([C@@H]2[C@@H](c3ccccn3)NC(=S)N2CCC(=O)Nc2ccccc2)c(C)n1-c1cccc(Cl)c1. The average molecular weight is 530 g/mol. The third-order valence-corrected chi connectivity index (χ3v) is 7.28. The first kappa shape index (κ1) is 25.0. The lowest BCUT2D eigenvalue weighted by atomic mass is 9.96. The molecule has 37 heavy (non-hydrogen) atoms. The molecule has 0 saturated carbocycles. The molecular formula is C29H28ClN5OS. The Labute approximate surface area is 227 Å². The molecule has 2 N–H and O–H groups in total. The molecule has 188 valence electrons. The van der Waals surface area contributed by atoms with E-state index >= 15 is 0 Å². The molecule has 3 heterocycles. The van der Waals surface area contributed by atoms with E-state index in [0.717, 1.165) is 34.0 Å². The topological polar surface area (TPSA) is 62.2 Å². The van der Waals surface area contributed by atoms with Crippen molar-refractivity contribution in [1.29, 1.82) is 0 Å². The summed E-state index contributed by atoms with van der Waals surface area (Å²) in [5.41, 5.74) is 6.00. The molecule has 1 saturated heterocycles. The molecule has 1 amide bonds. The maximum Gasteiger partial charge on any atom is 0.226 e. The van der Waals surface area contributed by atoms with Gasteiger partial charge in [-0.05, 0) is 80.2 Å². The summed E-state index contributed by atoms with van der Waals surface area (Å²) in [6.45, 7) is 4.67. The predicted octanol–water partition coefficient (Wildman–Crippen LogP) is 6.14. The second kappa shape index (κ2) is 10.7. The zero-order valence-corrected chi connectivity index (χ0v) is 22.3. The molecule has 8 heteroatoms. The molecule has 6 nitrogen and oxygen atoms in total. The Kier molecular flexibility index (Phi) is 7.26. The zero-order valence-electron chi connectivity index (χ0n) is 20.7. The Hall–Kier alpha value is -3.68. The van der Waals surface area contributed by atoms with E-state index in [0.29, 0.717) is 23.1 Å². The monoisotopic (exact) mass is 529 g/mol. The lowest BCUT2D eigenvalue weighted by Gasteiger charge is -2.28. The van der Waals surface area contributed by atoms with Crippen molar-refractivity contribution in [2.75, 3.05) is 11.9 Å². The molecular weight excluding hydrogens is 502 g/mol. The molecule has 0 bridgehead atoms. The number of carbonyl (C=O) groups is 1. The first-order valence-corrected chi connectivity index (χ1v) is 13.0. The Morgan fingerprint density at radius 2 is 1.84 bits per heavy atom. The number of anilines is 1. The van der Waals surface area contributed by atoms with Crippen LogP contribution >= 0.6 is 23.8 Å². The molecule has 2 atom stereocenters. The van der Waals surface area contributed by atoms with Crippen LogP contribution in [0.25, 0.3) is 5.69 Å². The van der Waals surface area contributed by atoms with Crippen LogP contribution in [0.15, 0.2) is 85.1 Å². The van der Waals surface area contributed by atoms with Crippen LogP contribution in [0.1, 0.15) is 41.1 Å². The molecule has 2 aromatic heterocycles. The Morgan fingerprint density at radius 3 is 2.57 bits per heavy atom. The molecule has 0 unspecified atom stereocenters. The summed E-state index contributed by atoms with van der Waals surface area (Å²) in [4.78, 5) is 19.5. The largest absolute Gasteiger partial charge is 0.352 e. The highest BCUT2D eigenvalue weighted by Crippen LogP contribution is 2.41. The van der Waals surface area contributed by atoms with Crippen molar-refractivity contribution in [2.24, 2.45) is 0 Å². The van der Waals surface area contributed by atoms with Gasteiger partial charge in [-0.15, -0.1) is 0 Å². The van der Waals surface area contributed by atoms with Crippen LogP contribution in [0.3, 0.4) is 0 Å². The zero-order chi connectivity index (χ0) is 25.9. The fourth-order valence-electron chi connectivity index (χ4n) is 5.05. The normalized spacial score (nSPS) is 17.1. The fraction of sp³-hybridized carbons (Fsp3) is 0.207. The molecule has 1 aliphatic heterocycles. The number of thiocarbonyl (C=S) groups is 1. The predicted molar refractivity (Wildman–Crippen MR) is 152 cm³/mol. The van der Waals surface area contributed by atoms with E-state index in [1.807, 2.05) is 66.7 Å². The number of benzene rings is 2. The number of rotatable bonds is 7. The van der Waals surface area contributed by atoms with Gasteiger partial charge < -0.3 is 20.1 Å². The van der Waals surface area contributed by atoms with Gasteiger partial charge >= 0.3 is 0 Å². The van der Waals surface area contributed by atoms with Crippen molar-refractivity contribution in [1.82, 2.24) is 19.8 Å². The minimum absolute atomic E-state index is 0.0570. The number of para-hydroxylation sites is 1. The summed E-state index contributed by atoms with van der Waals surface area (Å²) >= 11 is 12.1. The maximum absolute atomic E-state index is 12.8. The highest BCUT2D eigenvalue weighted by molar-refractivity contribution is 7.80. The van der Waals surface area contributed by atoms with E-state index in [-0.39, 0.29) is 18.0 Å². The number of nitrogens with zero attached hydrogens (tertiary/aromatic N) is 3. The smallest absolute Gasteiger partial charge is 0.226 e. The van der Waals surface area contributed by atoms with Crippen molar-refractivity contribution < 1.29 is 4.79 Å². The lowest BCUT2D eigenvalue weighted by molar-refractivity contribution is -0.116. The van der Waals surface area contributed by atoms with Gasteiger partial charge in [-0.25, -0.2) is 0 Å². The van der Waals surface area contributed by atoms with E-state index in [1.165, 1.54) is 0 Å². The summed E-state index contributed by atoms with van der Waals surface area (Å²) in [5.74, 6) is -0.0570. The maximum atomic E-state index is 12.8. The van der Waals surface area contributed by atoms with Gasteiger partial charge in [0.2, 0.25) is 5.91 Å². The van der Waals surface area contributed by atoms with Gasteiger partial charge in [-0.1, -0.05) is 41.9 Å². The first-order chi connectivity index (χ1) is 17.9. The third-order valence-electron chi connectivity index (χ3n) is 6.69. The minimum atomic E-state index is -0.154. The van der Waals surface area contributed by atoms with Crippen LogP contribution in [0, 0.1) is 13.8 Å². The Bertz CT molecular complexity index is 1420. The lowest BCUT2D eigenvalue weighted by Crippen LogP contribution is -2.32. The van der Waals surface area contributed by atoms with Crippen LogP contribution in [0.2, 0.25) is 5.02 Å². The fourth-order valence-corrected chi connectivity index (χ4v) is 5.57. The van der Waals surface area contributed by atoms with Crippen molar-refractivity contribution in [3.8, 4) is 5.69 Å². The molecule has 0 spiro atoms. The van der Waals surface area contributed by atoms with Crippen molar-refractivity contribution in [3.63, 3.8) is 0 Å². The van der Waals surface area contributed by atoms with Crippen LogP contribution in [-0.4, -0.2) is 32.0 Å². The van der Waals surface area contributed by atoms with Gasteiger partial charge in [0, 0.05) is 46.9 Å². The summed E-state index contributed by atoms with van der Waals surface area (Å²) in [6.07, 6.45) is 2.09. The Balaban J connectivity index is 1.48. The molecule has 5 rings (SSSR count). The molecule has 0 aliphatic carbocycles. The summed E-state index contributed by atoms with van der Waals surface area (Å²) in [5, 5.41) is 7.75. The van der Waals surface area contributed by atoms with Crippen molar-refractivity contribution in [2.45, 2.75) is 32.4 Å². The second-order valence-electron chi connectivity index (χ2n) is 9.13. The number of hydrogen-bond acceptors (Lipinski definition) is 3. The average Bonchev–Trinajstić information content (AvgIpc) is 3.38. The van der Waals surface area contributed by atoms with Gasteiger partial charge in [0.25, 0.3) is 0 Å². The molecule has 2 aromatic carbocycles. The van der Waals surface area contributed by atoms with Gasteiger partial charge in [-0.2, -0.15) is 0 Å². The summed E-state index contributed by atoms with van der Waals surface area (Å²) in [6, 6.07) is 25.1. The number of nitrogens with one attached hydrogen (secondary N) is 2.